The fraction of sp³-hybridized carbons (Fsp3) is 0.455. The second kappa shape index (κ2) is 11.0. The summed E-state index contributed by atoms with van der Waals surface area (Å²) in [5.74, 6) is 2.57. The first-order valence-corrected chi connectivity index (χ1v) is 11.6. The second-order valence-corrected chi connectivity index (χ2v) is 9.38. The third-order valence-electron chi connectivity index (χ3n) is 5.09. The van der Waals surface area contributed by atoms with Crippen molar-refractivity contribution in [3.8, 4) is 23.0 Å². The molecule has 0 aliphatic carbocycles. The Hall–Kier alpha value is -2.81. The zero-order valence-corrected chi connectivity index (χ0v) is 19.9. The van der Waals surface area contributed by atoms with Crippen LogP contribution in [0.5, 0.6) is 23.0 Å². The third-order valence-corrected chi connectivity index (χ3v) is 6.70. The topological polar surface area (TPSA) is 77.5 Å². The second-order valence-electron chi connectivity index (χ2n) is 7.07. The maximum atomic E-state index is 12.6. The van der Waals surface area contributed by atoms with E-state index >= 15 is 0 Å². The van der Waals surface area contributed by atoms with Gasteiger partial charge in [-0.1, -0.05) is 0 Å². The van der Waals surface area contributed by atoms with Crippen molar-refractivity contribution in [3.05, 3.63) is 36.4 Å². The van der Waals surface area contributed by atoms with Crippen molar-refractivity contribution < 1.29 is 27.4 Å². The van der Waals surface area contributed by atoms with Crippen LogP contribution in [-0.4, -0.2) is 75.5 Å². The molecule has 0 heterocycles. The lowest BCUT2D eigenvalue weighted by molar-refractivity contribution is 0.355. The van der Waals surface area contributed by atoms with E-state index < -0.39 is 9.84 Å². The van der Waals surface area contributed by atoms with Gasteiger partial charge in [0.05, 0.1) is 39.9 Å². The van der Waals surface area contributed by atoms with Gasteiger partial charge in [0.15, 0.2) is 32.8 Å². The predicted molar refractivity (Wildman–Crippen MR) is 124 cm³/mol. The van der Waals surface area contributed by atoms with Crippen molar-refractivity contribution in [1.82, 2.24) is 0 Å². The van der Waals surface area contributed by atoms with Gasteiger partial charge in [-0.15, -0.1) is 0 Å². The lowest BCUT2D eigenvalue weighted by atomic mass is 10.2. The number of hydrogen-bond donors (Lipinski definition) is 0. The number of sulfone groups is 1. The average molecular weight is 453 g/mol. The smallest absolute Gasteiger partial charge is 0.162 e. The molecule has 8 nitrogen and oxygen atoms in total. The van der Waals surface area contributed by atoms with Gasteiger partial charge in [-0.2, -0.15) is 0 Å². The van der Waals surface area contributed by atoms with E-state index in [1.807, 2.05) is 48.2 Å². The Bertz CT molecular complexity index is 893. The Morgan fingerprint density at radius 3 is 1.32 bits per heavy atom. The van der Waals surface area contributed by atoms with Crippen LogP contribution in [-0.2, 0) is 9.84 Å². The minimum atomic E-state index is -3.24. The van der Waals surface area contributed by atoms with E-state index in [2.05, 4.69) is 0 Å². The van der Waals surface area contributed by atoms with Gasteiger partial charge in [-0.25, -0.2) is 8.42 Å². The minimum Gasteiger partial charge on any atom is -0.493 e. The van der Waals surface area contributed by atoms with Crippen LogP contribution < -0.4 is 28.7 Å². The van der Waals surface area contributed by atoms with Crippen molar-refractivity contribution in [3.63, 3.8) is 0 Å². The van der Waals surface area contributed by atoms with E-state index in [-0.39, 0.29) is 11.5 Å². The number of methoxy groups -OCH3 is 4. The molecule has 0 fully saturated rings. The maximum absolute atomic E-state index is 12.6. The van der Waals surface area contributed by atoms with Crippen LogP contribution in [0.2, 0.25) is 0 Å². The molecule has 2 rings (SSSR count). The lowest BCUT2D eigenvalue weighted by Gasteiger charge is -2.22. The number of nitrogens with zero attached hydrogens (tertiary/aromatic N) is 2. The van der Waals surface area contributed by atoms with Crippen LogP contribution in [0, 0.1) is 0 Å². The molecule has 172 valence electrons. The van der Waals surface area contributed by atoms with Gasteiger partial charge in [-0.3, -0.25) is 0 Å². The van der Waals surface area contributed by atoms with Crippen LogP contribution in [0.3, 0.4) is 0 Å². The highest BCUT2D eigenvalue weighted by Gasteiger charge is 2.16. The molecule has 9 heteroatoms. The van der Waals surface area contributed by atoms with Crippen molar-refractivity contribution in [2.75, 3.05) is 76.9 Å². The summed E-state index contributed by atoms with van der Waals surface area (Å²) in [4.78, 5) is 3.77. The summed E-state index contributed by atoms with van der Waals surface area (Å²) in [6.07, 6.45) is 0. The fourth-order valence-corrected chi connectivity index (χ4v) is 4.35. The molecule has 0 saturated heterocycles. The SMILES string of the molecule is COc1ccc(N(C)CCS(=O)(=O)CCN(C)c2ccc(OC)c(OC)c2)cc1OC. The van der Waals surface area contributed by atoms with E-state index in [4.69, 9.17) is 18.9 Å². The highest BCUT2D eigenvalue weighted by Crippen LogP contribution is 2.32. The lowest BCUT2D eigenvalue weighted by Crippen LogP contribution is -2.31. The molecule has 2 aromatic rings. The average Bonchev–Trinajstić information content (AvgIpc) is 2.79. The molecule has 0 amide bonds. The van der Waals surface area contributed by atoms with E-state index in [1.165, 1.54) is 0 Å². The Morgan fingerprint density at radius 2 is 1.00 bits per heavy atom. The highest BCUT2D eigenvalue weighted by atomic mass is 32.2. The number of ether oxygens (including phenoxy) is 4. The maximum Gasteiger partial charge on any atom is 0.162 e. The molecule has 2 aromatic carbocycles. The Kier molecular flexibility index (Phi) is 8.67. The quantitative estimate of drug-likeness (QED) is 0.487. The standard InChI is InChI=1S/C22H32N2O6S/c1-23(17-7-9-19(27-3)21(15-17)29-5)11-13-31(25,26)14-12-24(2)18-8-10-20(28-4)22(16-18)30-6/h7-10,15-16H,11-14H2,1-6H3. The summed E-state index contributed by atoms with van der Waals surface area (Å²) >= 11 is 0. The summed E-state index contributed by atoms with van der Waals surface area (Å²) < 4.78 is 46.3. The van der Waals surface area contributed by atoms with Gasteiger partial charge in [-0.05, 0) is 24.3 Å². The molecule has 0 atom stereocenters. The van der Waals surface area contributed by atoms with Gasteiger partial charge in [0.2, 0.25) is 0 Å². The third kappa shape index (κ3) is 6.58. The van der Waals surface area contributed by atoms with Crippen LogP contribution in [0.25, 0.3) is 0 Å². The van der Waals surface area contributed by atoms with Gasteiger partial charge in [0.1, 0.15) is 0 Å². The van der Waals surface area contributed by atoms with E-state index in [0.717, 1.165) is 11.4 Å². The van der Waals surface area contributed by atoms with Gasteiger partial charge in [0, 0.05) is 50.7 Å². The zero-order chi connectivity index (χ0) is 23.0. The number of rotatable bonds is 12. The number of anilines is 2. The Labute approximate surface area is 185 Å². The molecule has 0 spiro atoms. The monoisotopic (exact) mass is 452 g/mol. The first-order chi connectivity index (χ1) is 14.7. The fourth-order valence-electron chi connectivity index (χ4n) is 3.04. The van der Waals surface area contributed by atoms with Crippen molar-refractivity contribution >= 4 is 21.2 Å². The van der Waals surface area contributed by atoms with Crippen LogP contribution >= 0.6 is 0 Å². The molecular formula is C22H32N2O6S. The Morgan fingerprint density at radius 1 is 0.645 bits per heavy atom. The van der Waals surface area contributed by atoms with Crippen molar-refractivity contribution in [1.29, 1.82) is 0 Å². The molecular weight excluding hydrogens is 420 g/mol. The van der Waals surface area contributed by atoms with Crippen molar-refractivity contribution in [2.45, 2.75) is 0 Å². The predicted octanol–water partition coefficient (Wildman–Crippen LogP) is 2.71. The van der Waals surface area contributed by atoms with Crippen LogP contribution in [0.15, 0.2) is 36.4 Å². The van der Waals surface area contributed by atoms with E-state index in [1.54, 1.807) is 40.6 Å². The summed E-state index contributed by atoms with van der Waals surface area (Å²) in [6, 6.07) is 11.0. The normalized spacial score (nSPS) is 11.0. The summed E-state index contributed by atoms with van der Waals surface area (Å²) in [5, 5.41) is 0. The molecule has 0 bridgehead atoms. The van der Waals surface area contributed by atoms with Crippen LogP contribution in [0.1, 0.15) is 0 Å². The molecule has 0 aliphatic heterocycles. The molecule has 0 aromatic heterocycles. The molecule has 0 radical (unpaired) electrons. The molecule has 31 heavy (non-hydrogen) atoms. The first kappa shape index (κ1) is 24.5. The molecule has 0 unspecified atom stereocenters. The number of hydrogen-bond acceptors (Lipinski definition) is 8. The minimum absolute atomic E-state index is 0.0532. The summed E-state index contributed by atoms with van der Waals surface area (Å²) in [7, 11) is 6.76. The van der Waals surface area contributed by atoms with Gasteiger partial charge >= 0.3 is 0 Å². The largest absolute Gasteiger partial charge is 0.493 e. The van der Waals surface area contributed by atoms with E-state index in [0.29, 0.717) is 36.1 Å². The molecule has 0 aliphatic rings. The molecule has 0 saturated carbocycles. The molecule has 0 N–H and O–H groups in total. The summed E-state index contributed by atoms with van der Waals surface area (Å²) in [5.41, 5.74) is 1.71. The first-order valence-electron chi connectivity index (χ1n) is 9.81. The van der Waals surface area contributed by atoms with E-state index in [9.17, 15) is 8.42 Å². The number of benzene rings is 2. The van der Waals surface area contributed by atoms with Crippen molar-refractivity contribution in [2.24, 2.45) is 0 Å². The van der Waals surface area contributed by atoms with Gasteiger partial charge < -0.3 is 28.7 Å². The zero-order valence-electron chi connectivity index (χ0n) is 19.0. The summed E-state index contributed by atoms with van der Waals surface area (Å²) in [6.45, 7) is 0.746. The highest BCUT2D eigenvalue weighted by molar-refractivity contribution is 7.91. The van der Waals surface area contributed by atoms with Gasteiger partial charge in [0.25, 0.3) is 0 Å². The Balaban J connectivity index is 1.94. The van der Waals surface area contributed by atoms with Crippen LogP contribution in [0.4, 0.5) is 11.4 Å².